The van der Waals surface area contributed by atoms with Crippen LogP contribution >= 0.6 is 0 Å². The smallest absolute Gasteiger partial charge is 0.227 e. The number of para-hydroxylation sites is 2. The minimum atomic E-state index is 0.633. The van der Waals surface area contributed by atoms with Crippen LogP contribution < -0.4 is 4.90 Å². The molecule has 0 bridgehead atoms. The molecule has 6 aromatic carbocycles. The van der Waals surface area contributed by atoms with Crippen LogP contribution in [0.4, 0.5) is 17.1 Å². The van der Waals surface area contributed by atoms with Gasteiger partial charge in [-0.25, -0.2) is 4.98 Å². The first-order chi connectivity index (χ1) is 19.8. The van der Waals surface area contributed by atoms with Gasteiger partial charge in [0.1, 0.15) is 5.52 Å². The molecule has 0 N–H and O–H groups in total. The lowest BCUT2D eigenvalue weighted by molar-refractivity contribution is 0.620. The molecule has 190 valence electrons. The summed E-state index contributed by atoms with van der Waals surface area (Å²) in [6, 6.07) is 54.5. The van der Waals surface area contributed by atoms with Crippen LogP contribution in [0.3, 0.4) is 0 Å². The fourth-order valence-corrected chi connectivity index (χ4v) is 5.16. The molecular weight excluding hydrogens is 488 g/mol. The second-order valence-corrected chi connectivity index (χ2v) is 9.67. The second kappa shape index (κ2) is 10.4. The average molecular weight is 515 g/mol. The summed E-state index contributed by atoms with van der Waals surface area (Å²) in [4.78, 5) is 7.17. The number of anilines is 3. The lowest BCUT2D eigenvalue weighted by Crippen LogP contribution is -2.09. The Labute approximate surface area is 233 Å². The van der Waals surface area contributed by atoms with Crippen molar-refractivity contribution >= 4 is 28.2 Å². The first-order valence-electron chi connectivity index (χ1n) is 13.4. The third-order valence-corrected chi connectivity index (χ3v) is 7.10. The van der Waals surface area contributed by atoms with Gasteiger partial charge < -0.3 is 9.32 Å². The molecule has 0 saturated carbocycles. The summed E-state index contributed by atoms with van der Waals surface area (Å²) in [6.07, 6.45) is 0. The van der Waals surface area contributed by atoms with Crippen molar-refractivity contribution in [2.45, 2.75) is 0 Å². The van der Waals surface area contributed by atoms with E-state index in [0.717, 1.165) is 44.9 Å². The molecule has 0 spiro atoms. The maximum absolute atomic E-state index is 6.12. The SMILES string of the molecule is c1ccc(-c2cccc(N(c3ccccc3)c3ccc(-c4cccc5oc(-c6ccccc6)nc45)cc3)c2)cc1. The maximum Gasteiger partial charge on any atom is 0.227 e. The first kappa shape index (κ1) is 23.7. The summed E-state index contributed by atoms with van der Waals surface area (Å²) in [6.45, 7) is 0. The van der Waals surface area contributed by atoms with Gasteiger partial charge in [0.25, 0.3) is 0 Å². The predicted octanol–water partition coefficient (Wildman–Crippen LogP) is 10.3. The van der Waals surface area contributed by atoms with Crippen LogP contribution in [0.1, 0.15) is 0 Å². The Kier molecular flexibility index (Phi) is 6.15. The van der Waals surface area contributed by atoms with Crippen LogP contribution in [0.25, 0.3) is 44.8 Å². The van der Waals surface area contributed by atoms with Crippen molar-refractivity contribution in [3.63, 3.8) is 0 Å². The summed E-state index contributed by atoms with van der Waals surface area (Å²) in [5, 5.41) is 0. The van der Waals surface area contributed by atoms with Gasteiger partial charge in [-0.2, -0.15) is 0 Å². The Balaban J connectivity index is 1.29. The van der Waals surface area contributed by atoms with Gasteiger partial charge in [0.05, 0.1) is 0 Å². The van der Waals surface area contributed by atoms with Gasteiger partial charge in [-0.1, -0.05) is 103 Å². The summed E-state index contributed by atoms with van der Waals surface area (Å²) >= 11 is 0. The summed E-state index contributed by atoms with van der Waals surface area (Å²) in [7, 11) is 0. The predicted molar refractivity (Wildman–Crippen MR) is 165 cm³/mol. The van der Waals surface area contributed by atoms with Crippen molar-refractivity contribution in [2.75, 3.05) is 4.90 Å². The standard InChI is InChI=1S/C37H26N2O/c1-4-12-27(13-5-1)30-16-10-19-33(26-30)39(31-17-8-3-9-18-31)32-24-22-28(23-25-32)34-20-11-21-35-36(34)38-37(40-35)29-14-6-2-7-15-29/h1-26H. The quantitative estimate of drug-likeness (QED) is 0.221. The Morgan fingerprint density at radius 3 is 1.73 bits per heavy atom. The van der Waals surface area contributed by atoms with E-state index in [4.69, 9.17) is 9.40 Å². The molecule has 0 atom stereocenters. The molecule has 3 heteroatoms. The largest absolute Gasteiger partial charge is 0.436 e. The van der Waals surface area contributed by atoms with Gasteiger partial charge in [-0.05, 0) is 71.3 Å². The number of fused-ring (bicyclic) bond motifs is 1. The highest BCUT2D eigenvalue weighted by Crippen LogP contribution is 2.38. The highest BCUT2D eigenvalue weighted by atomic mass is 16.3. The van der Waals surface area contributed by atoms with Crippen LogP contribution in [0, 0.1) is 0 Å². The molecule has 0 radical (unpaired) electrons. The molecule has 0 unspecified atom stereocenters. The van der Waals surface area contributed by atoms with Crippen LogP contribution in [-0.4, -0.2) is 4.98 Å². The molecule has 0 saturated heterocycles. The van der Waals surface area contributed by atoms with Gasteiger partial charge in [-0.3, -0.25) is 0 Å². The minimum absolute atomic E-state index is 0.633. The number of hydrogen-bond acceptors (Lipinski definition) is 3. The van der Waals surface area contributed by atoms with Crippen LogP contribution in [0.2, 0.25) is 0 Å². The summed E-state index contributed by atoms with van der Waals surface area (Å²) < 4.78 is 6.12. The van der Waals surface area contributed by atoms with E-state index in [2.05, 4.69) is 108 Å². The summed E-state index contributed by atoms with van der Waals surface area (Å²) in [5.41, 5.74) is 10.4. The molecule has 7 rings (SSSR count). The average Bonchev–Trinajstić information content (AvgIpc) is 3.48. The minimum Gasteiger partial charge on any atom is -0.436 e. The zero-order valence-electron chi connectivity index (χ0n) is 21.8. The highest BCUT2D eigenvalue weighted by molar-refractivity contribution is 5.92. The van der Waals surface area contributed by atoms with E-state index in [0.29, 0.717) is 5.89 Å². The van der Waals surface area contributed by atoms with Gasteiger partial charge in [0, 0.05) is 28.2 Å². The van der Waals surface area contributed by atoms with E-state index in [1.807, 2.05) is 54.6 Å². The Morgan fingerprint density at radius 2 is 1.00 bits per heavy atom. The van der Waals surface area contributed by atoms with E-state index >= 15 is 0 Å². The van der Waals surface area contributed by atoms with E-state index in [1.165, 1.54) is 11.1 Å². The van der Waals surface area contributed by atoms with Crippen LogP contribution in [0.15, 0.2) is 162 Å². The highest BCUT2D eigenvalue weighted by Gasteiger charge is 2.16. The fraction of sp³-hybridized carbons (Fsp3) is 0. The number of aromatic nitrogens is 1. The lowest BCUT2D eigenvalue weighted by atomic mass is 10.0. The van der Waals surface area contributed by atoms with Crippen molar-refractivity contribution in [3.05, 3.63) is 158 Å². The van der Waals surface area contributed by atoms with Crippen molar-refractivity contribution in [1.82, 2.24) is 4.98 Å². The number of oxazole rings is 1. The fourth-order valence-electron chi connectivity index (χ4n) is 5.16. The molecule has 0 aliphatic carbocycles. The molecular formula is C37H26N2O. The van der Waals surface area contributed by atoms with E-state index in [-0.39, 0.29) is 0 Å². The zero-order chi connectivity index (χ0) is 26.7. The number of nitrogens with zero attached hydrogens (tertiary/aromatic N) is 2. The molecule has 7 aromatic rings. The van der Waals surface area contributed by atoms with Crippen molar-refractivity contribution in [3.8, 4) is 33.7 Å². The van der Waals surface area contributed by atoms with Gasteiger partial charge >= 0.3 is 0 Å². The van der Waals surface area contributed by atoms with Gasteiger partial charge in [0.15, 0.2) is 5.58 Å². The van der Waals surface area contributed by atoms with Crippen molar-refractivity contribution in [1.29, 1.82) is 0 Å². The third kappa shape index (κ3) is 4.55. The molecule has 40 heavy (non-hydrogen) atoms. The molecule has 1 heterocycles. The third-order valence-electron chi connectivity index (χ3n) is 7.10. The Hall–Kier alpha value is -5.41. The maximum atomic E-state index is 6.12. The second-order valence-electron chi connectivity index (χ2n) is 9.67. The van der Waals surface area contributed by atoms with Crippen molar-refractivity contribution in [2.24, 2.45) is 0 Å². The Morgan fingerprint density at radius 1 is 0.425 bits per heavy atom. The normalized spacial score (nSPS) is 11.0. The molecule has 0 fully saturated rings. The van der Waals surface area contributed by atoms with E-state index in [1.54, 1.807) is 0 Å². The molecule has 3 nitrogen and oxygen atoms in total. The molecule has 0 aliphatic heterocycles. The zero-order valence-corrected chi connectivity index (χ0v) is 21.8. The van der Waals surface area contributed by atoms with E-state index in [9.17, 15) is 0 Å². The molecule has 0 aliphatic rings. The first-order valence-corrected chi connectivity index (χ1v) is 13.4. The van der Waals surface area contributed by atoms with Crippen LogP contribution in [0.5, 0.6) is 0 Å². The van der Waals surface area contributed by atoms with Crippen LogP contribution in [-0.2, 0) is 0 Å². The van der Waals surface area contributed by atoms with Gasteiger partial charge in [-0.15, -0.1) is 0 Å². The number of hydrogen-bond donors (Lipinski definition) is 0. The Bertz CT molecular complexity index is 1880. The van der Waals surface area contributed by atoms with Crippen molar-refractivity contribution < 1.29 is 4.42 Å². The molecule has 1 aromatic heterocycles. The van der Waals surface area contributed by atoms with E-state index < -0.39 is 0 Å². The number of rotatable bonds is 6. The lowest BCUT2D eigenvalue weighted by Gasteiger charge is -2.26. The monoisotopic (exact) mass is 514 g/mol. The number of benzene rings is 6. The van der Waals surface area contributed by atoms with Gasteiger partial charge in [0.2, 0.25) is 5.89 Å². The molecule has 0 amide bonds. The topological polar surface area (TPSA) is 29.3 Å². The summed E-state index contributed by atoms with van der Waals surface area (Å²) in [5.74, 6) is 0.633.